The van der Waals surface area contributed by atoms with Crippen LogP contribution in [0.4, 0.5) is 5.69 Å². The van der Waals surface area contributed by atoms with Crippen molar-refractivity contribution < 1.29 is 34.1 Å². The number of ketones is 2. The van der Waals surface area contributed by atoms with E-state index in [2.05, 4.69) is 0 Å². The molecule has 3 aliphatic rings. The van der Waals surface area contributed by atoms with E-state index in [1.807, 2.05) is 91.8 Å². The number of fused-ring (bicyclic) bond motifs is 5. The molecule has 0 saturated heterocycles. The summed E-state index contributed by atoms with van der Waals surface area (Å²) in [4.78, 5) is 48.3. The van der Waals surface area contributed by atoms with Crippen LogP contribution in [0.3, 0.4) is 0 Å². The molecule has 0 unspecified atom stereocenters. The summed E-state index contributed by atoms with van der Waals surface area (Å²) in [5.41, 5.74) is 7.02. The number of nitrogens with two attached hydrogens (primary N) is 1. The number of carbonyl (C=O) groups excluding carboxylic acids is 3. The van der Waals surface area contributed by atoms with E-state index in [0.29, 0.717) is 11.1 Å². The van der Waals surface area contributed by atoms with Crippen molar-refractivity contribution in [3.63, 3.8) is 0 Å². The average molecular weight is 661 g/mol. The predicted octanol–water partition coefficient (Wildman–Crippen LogP) is 4.05. The quantitative estimate of drug-likeness (QED) is 0.221. The third-order valence-electron chi connectivity index (χ3n) is 10.0. The number of hydrogen-bond donors (Lipinski definition) is 4. The van der Waals surface area contributed by atoms with Crippen molar-refractivity contribution in [1.82, 2.24) is 9.88 Å². The summed E-state index contributed by atoms with van der Waals surface area (Å²) in [6.45, 7) is 0. The zero-order valence-electron chi connectivity index (χ0n) is 27.5. The Kier molecular flexibility index (Phi) is 7.57. The van der Waals surface area contributed by atoms with Crippen LogP contribution in [0.25, 0.3) is 28.5 Å². The zero-order valence-corrected chi connectivity index (χ0v) is 27.5. The molecule has 3 aromatic carbocycles. The third-order valence-corrected chi connectivity index (χ3v) is 10.0. The molecule has 1 heterocycles. The van der Waals surface area contributed by atoms with Crippen molar-refractivity contribution in [3.8, 4) is 0 Å². The van der Waals surface area contributed by atoms with Crippen molar-refractivity contribution in [3.05, 3.63) is 112 Å². The zero-order chi connectivity index (χ0) is 34.9. The van der Waals surface area contributed by atoms with Crippen LogP contribution in [-0.4, -0.2) is 82.5 Å². The Labute approximate surface area is 282 Å². The first-order valence-corrected chi connectivity index (χ1v) is 16.0. The maximum atomic E-state index is 14.4. The number of likely N-dealkylation sites (N-methyl/N-ethyl adjacent to an activating group) is 1. The molecule has 4 atom stereocenters. The fourth-order valence-corrected chi connectivity index (χ4v) is 7.85. The number of rotatable bonds is 6. The summed E-state index contributed by atoms with van der Waals surface area (Å²) < 4.78 is 6.38. The molecule has 0 bridgehead atoms. The van der Waals surface area contributed by atoms with Crippen LogP contribution in [0.1, 0.15) is 34.6 Å². The molecule has 0 radical (unpaired) electrons. The number of aliphatic hydroxyl groups excluding tert-OH is 2. The van der Waals surface area contributed by atoms with Crippen LogP contribution in [0, 0.1) is 11.8 Å². The number of oxazole rings is 1. The molecule has 0 spiro atoms. The van der Waals surface area contributed by atoms with E-state index in [1.54, 1.807) is 14.1 Å². The molecule has 1 fully saturated rings. The Balaban J connectivity index is 1.44. The van der Waals surface area contributed by atoms with Gasteiger partial charge < -0.3 is 30.4 Å². The standard InChI is InChI=1S/C38H36N4O7/c1-41(2)26-18-25-34(49-27(40-25)17-22(19-11-7-5-8-12-19)20-13-9-6-10-14-20)29-23(26)15-21-16-24-31(42(3)4)33(44)30(37(39)47)36(46)38(24,48)35(45)28(21)32(29)43/h5-14,17-18,21,24,31,43,46,48H,15-16H2,1-4H3,(H2,39,47)/t21-,24-,31-,38-/m0/s1. The van der Waals surface area contributed by atoms with Gasteiger partial charge in [-0.05, 0) is 61.2 Å². The van der Waals surface area contributed by atoms with Crippen molar-refractivity contribution in [2.75, 3.05) is 33.1 Å². The molecule has 4 aromatic rings. The van der Waals surface area contributed by atoms with E-state index < -0.39 is 58.0 Å². The normalized spacial score (nSPS) is 23.3. The Morgan fingerprint density at radius 2 is 1.61 bits per heavy atom. The monoisotopic (exact) mass is 660 g/mol. The van der Waals surface area contributed by atoms with Crippen molar-refractivity contribution in [2.24, 2.45) is 17.6 Å². The van der Waals surface area contributed by atoms with Gasteiger partial charge >= 0.3 is 0 Å². The number of Topliss-reactive ketones (excluding diaryl/α,β-unsaturated/α-hetero) is 2. The molecule has 7 rings (SSSR count). The first kappa shape index (κ1) is 32.0. The molecular weight excluding hydrogens is 624 g/mol. The van der Waals surface area contributed by atoms with E-state index in [4.69, 9.17) is 15.1 Å². The Hall–Kier alpha value is -5.52. The van der Waals surface area contributed by atoms with Gasteiger partial charge in [-0.15, -0.1) is 0 Å². The maximum Gasteiger partial charge on any atom is 0.255 e. The van der Waals surface area contributed by atoms with Gasteiger partial charge in [-0.3, -0.25) is 19.3 Å². The molecule has 11 nitrogen and oxygen atoms in total. The van der Waals surface area contributed by atoms with Gasteiger partial charge in [0.15, 0.2) is 17.0 Å². The average Bonchev–Trinajstić information content (AvgIpc) is 3.47. The number of benzene rings is 3. The van der Waals surface area contributed by atoms with Crippen LogP contribution < -0.4 is 10.6 Å². The van der Waals surface area contributed by atoms with Gasteiger partial charge in [-0.1, -0.05) is 60.7 Å². The second kappa shape index (κ2) is 11.6. The number of nitrogens with zero attached hydrogens (tertiary/aromatic N) is 3. The van der Waals surface area contributed by atoms with E-state index >= 15 is 0 Å². The van der Waals surface area contributed by atoms with E-state index in [9.17, 15) is 29.7 Å². The molecule has 1 amide bonds. The molecule has 5 N–H and O–H groups in total. The number of aliphatic hydroxyl groups is 3. The summed E-state index contributed by atoms with van der Waals surface area (Å²) >= 11 is 0. The van der Waals surface area contributed by atoms with E-state index in [-0.39, 0.29) is 35.5 Å². The number of anilines is 1. The van der Waals surface area contributed by atoms with Crippen LogP contribution in [-0.2, 0) is 20.8 Å². The van der Waals surface area contributed by atoms with Gasteiger partial charge in [-0.2, -0.15) is 0 Å². The molecule has 11 heteroatoms. The van der Waals surface area contributed by atoms with Gasteiger partial charge in [0.05, 0.1) is 11.6 Å². The van der Waals surface area contributed by atoms with Crippen LogP contribution in [0.2, 0.25) is 0 Å². The van der Waals surface area contributed by atoms with Gasteiger partial charge in [-0.25, -0.2) is 4.98 Å². The minimum Gasteiger partial charge on any atom is -0.508 e. The second-order valence-electron chi connectivity index (χ2n) is 13.3. The minimum atomic E-state index is -2.67. The van der Waals surface area contributed by atoms with Gasteiger partial charge in [0.25, 0.3) is 5.91 Å². The summed E-state index contributed by atoms with van der Waals surface area (Å²) in [5, 5.41) is 35.2. The van der Waals surface area contributed by atoms with Crippen molar-refractivity contribution in [1.29, 1.82) is 0 Å². The second-order valence-corrected chi connectivity index (χ2v) is 13.3. The maximum absolute atomic E-state index is 14.4. The molecule has 1 saturated carbocycles. The van der Waals surface area contributed by atoms with Crippen molar-refractivity contribution >= 4 is 51.7 Å². The molecule has 49 heavy (non-hydrogen) atoms. The highest BCUT2D eigenvalue weighted by atomic mass is 16.4. The van der Waals surface area contributed by atoms with Gasteiger partial charge in [0.1, 0.15) is 22.6 Å². The highest BCUT2D eigenvalue weighted by Crippen LogP contribution is 2.53. The Bertz CT molecular complexity index is 2100. The lowest BCUT2D eigenvalue weighted by Crippen LogP contribution is -2.65. The Morgan fingerprint density at radius 3 is 2.16 bits per heavy atom. The summed E-state index contributed by atoms with van der Waals surface area (Å²) in [6, 6.07) is 20.4. The lowest BCUT2D eigenvalue weighted by atomic mass is 9.57. The van der Waals surface area contributed by atoms with Crippen LogP contribution in [0.15, 0.2) is 88.1 Å². The largest absolute Gasteiger partial charge is 0.508 e. The van der Waals surface area contributed by atoms with Crippen molar-refractivity contribution in [2.45, 2.75) is 24.5 Å². The lowest BCUT2D eigenvalue weighted by molar-refractivity contribution is -0.153. The summed E-state index contributed by atoms with van der Waals surface area (Å²) in [6.07, 6.45) is 2.15. The van der Waals surface area contributed by atoms with E-state index in [0.717, 1.165) is 22.4 Å². The summed E-state index contributed by atoms with van der Waals surface area (Å²) in [7, 11) is 6.90. The fourth-order valence-electron chi connectivity index (χ4n) is 7.85. The van der Waals surface area contributed by atoms with Crippen LogP contribution >= 0.6 is 0 Å². The molecule has 0 aliphatic heterocycles. The van der Waals surface area contributed by atoms with Crippen LogP contribution in [0.5, 0.6) is 0 Å². The number of hydrogen-bond acceptors (Lipinski definition) is 10. The first-order chi connectivity index (χ1) is 23.3. The predicted molar refractivity (Wildman–Crippen MR) is 184 cm³/mol. The SMILES string of the molecule is CN(C)c1cc2nc(C=C(c3ccccc3)c3ccccc3)oc2c2c1C[C@H]1C[C@H]3[C@H](N(C)C)C(=O)C(C(N)=O)=C(O)[C@@]3(O)C(=O)C1=C2O. The Morgan fingerprint density at radius 1 is 1.00 bits per heavy atom. The molecule has 3 aliphatic carbocycles. The molecular formula is C38H36N4O7. The highest BCUT2D eigenvalue weighted by molar-refractivity contribution is 6.24. The number of primary amides is 1. The lowest BCUT2D eigenvalue weighted by Gasteiger charge is -2.50. The minimum absolute atomic E-state index is 0.0541. The number of aromatic nitrogens is 1. The topological polar surface area (TPSA) is 170 Å². The first-order valence-electron chi connectivity index (χ1n) is 16.0. The fraction of sp³-hybridized carbons (Fsp3) is 0.263. The number of carbonyl (C=O) groups is 3. The third kappa shape index (κ3) is 4.80. The summed E-state index contributed by atoms with van der Waals surface area (Å²) in [5.74, 6) is -5.98. The van der Waals surface area contributed by atoms with Gasteiger partial charge in [0.2, 0.25) is 11.7 Å². The van der Waals surface area contributed by atoms with Gasteiger partial charge in [0, 0.05) is 37.3 Å². The van der Waals surface area contributed by atoms with E-state index in [1.165, 1.54) is 4.90 Å². The molecule has 250 valence electrons. The highest BCUT2D eigenvalue weighted by Gasteiger charge is 2.64. The molecule has 1 aromatic heterocycles. The smallest absolute Gasteiger partial charge is 0.255 e. The number of amides is 1.